The predicted octanol–water partition coefficient (Wildman–Crippen LogP) is 2.92. The fraction of sp³-hybridized carbons (Fsp3) is 0.500. The molecule has 0 saturated heterocycles. The van der Waals surface area contributed by atoms with Gasteiger partial charge in [-0.2, -0.15) is 0 Å². The highest BCUT2D eigenvalue weighted by Crippen LogP contribution is 2.16. The van der Waals surface area contributed by atoms with Crippen molar-refractivity contribution in [2.45, 2.75) is 39.2 Å². The molecule has 2 nitrogen and oxygen atoms in total. The third-order valence-electron chi connectivity index (χ3n) is 2.82. The molecule has 0 aliphatic carbocycles. The summed E-state index contributed by atoms with van der Waals surface area (Å²) in [6, 6.07) is 8.00. The Kier molecular flexibility index (Phi) is 4.25. The first-order valence-corrected chi connectivity index (χ1v) is 5.56. The van der Waals surface area contributed by atoms with E-state index in [4.69, 9.17) is 4.74 Å². The summed E-state index contributed by atoms with van der Waals surface area (Å²) in [5, 5.41) is 0. The standard InChI is InChI=1S/C14H20O2/c1-11-7-5-6-8-12(11)9-13(15)10-14(2,3)16-4/h5-8H,9-10H2,1-4H3. The lowest BCUT2D eigenvalue weighted by Gasteiger charge is -2.21. The van der Waals surface area contributed by atoms with Gasteiger partial charge in [-0.05, 0) is 31.9 Å². The molecule has 0 aliphatic rings. The highest BCUT2D eigenvalue weighted by molar-refractivity contribution is 5.82. The van der Waals surface area contributed by atoms with Crippen LogP contribution in [-0.2, 0) is 16.0 Å². The van der Waals surface area contributed by atoms with Crippen LogP contribution in [0.15, 0.2) is 24.3 Å². The van der Waals surface area contributed by atoms with Gasteiger partial charge < -0.3 is 4.74 Å². The van der Waals surface area contributed by atoms with Crippen molar-refractivity contribution in [3.63, 3.8) is 0 Å². The van der Waals surface area contributed by atoms with Crippen LogP contribution >= 0.6 is 0 Å². The summed E-state index contributed by atoms with van der Waals surface area (Å²) in [6.45, 7) is 5.90. The number of ketones is 1. The Hall–Kier alpha value is -1.15. The lowest BCUT2D eigenvalue weighted by Crippen LogP contribution is -2.27. The third kappa shape index (κ3) is 3.78. The molecule has 0 spiro atoms. The fourth-order valence-electron chi connectivity index (χ4n) is 1.63. The Bertz CT molecular complexity index is 367. The van der Waals surface area contributed by atoms with E-state index in [0.717, 1.165) is 5.56 Å². The first-order valence-electron chi connectivity index (χ1n) is 5.56. The number of Topliss-reactive ketones (excluding diaryl/α,β-unsaturated/α-hetero) is 1. The van der Waals surface area contributed by atoms with E-state index in [9.17, 15) is 4.79 Å². The van der Waals surface area contributed by atoms with Gasteiger partial charge in [0, 0.05) is 20.0 Å². The van der Waals surface area contributed by atoms with Crippen LogP contribution in [0.25, 0.3) is 0 Å². The lowest BCUT2D eigenvalue weighted by molar-refractivity contribution is -0.123. The molecular formula is C14H20O2. The summed E-state index contributed by atoms with van der Waals surface area (Å²) >= 11 is 0. The van der Waals surface area contributed by atoms with E-state index in [-0.39, 0.29) is 11.4 Å². The van der Waals surface area contributed by atoms with Crippen LogP contribution in [0.1, 0.15) is 31.4 Å². The van der Waals surface area contributed by atoms with Crippen molar-refractivity contribution in [3.8, 4) is 0 Å². The number of carbonyl (C=O) groups excluding carboxylic acids is 1. The Balaban J connectivity index is 2.62. The van der Waals surface area contributed by atoms with E-state index >= 15 is 0 Å². The molecule has 1 aromatic carbocycles. The van der Waals surface area contributed by atoms with Crippen LogP contribution in [0.2, 0.25) is 0 Å². The minimum atomic E-state index is -0.361. The largest absolute Gasteiger partial charge is 0.378 e. The topological polar surface area (TPSA) is 26.3 Å². The number of carbonyl (C=O) groups is 1. The molecule has 0 bridgehead atoms. The minimum Gasteiger partial charge on any atom is -0.378 e. The van der Waals surface area contributed by atoms with E-state index in [1.807, 2.05) is 45.0 Å². The van der Waals surface area contributed by atoms with Crippen molar-refractivity contribution in [2.24, 2.45) is 0 Å². The van der Waals surface area contributed by atoms with Gasteiger partial charge in [0.15, 0.2) is 0 Å². The second-order valence-electron chi connectivity index (χ2n) is 4.78. The second kappa shape index (κ2) is 5.26. The van der Waals surface area contributed by atoms with E-state index in [0.29, 0.717) is 12.8 Å². The zero-order chi connectivity index (χ0) is 12.2. The second-order valence-corrected chi connectivity index (χ2v) is 4.78. The minimum absolute atomic E-state index is 0.223. The molecule has 1 aromatic rings. The number of ether oxygens (including phenoxy) is 1. The molecule has 1 rings (SSSR count). The molecule has 0 aliphatic heterocycles. The van der Waals surface area contributed by atoms with Gasteiger partial charge in [-0.25, -0.2) is 0 Å². The zero-order valence-electron chi connectivity index (χ0n) is 10.5. The highest BCUT2D eigenvalue weighted by Gasteiger charge is 2.21. The number of rotatable bonds is 5. The number of hydrogen-bond donors (Lipinski definition) is 0. The summed E-state index contributed by atoms with van der Waals surface area (Å²) in [5.41, 5.74) is 1.92. The van der Waals surface area contributed by atoms with Gasteiger partial charge in [0.05, 0.1) is 5.60 Å². The number of methoxy groups -OCH3 is 1. The summed E-state index contributed by atoms with van der Waals surface area (Å²) in [6.07, 6.45) is 0.956. The maximum absolute atomic E-state index is 11.9. The Morgan fingerprint density at radius 2 is 1.94 bits per heavy atom. The third-order valence-corrected chi connectivity index (χ3v) is 2.82. The average Bonchev–Trinajstić information content (AvgIpc) is 2.21. The fourth-order valence-corrected chi connectivity index (χ4v) is 1.63. The molecule has 0 radical (unpaired) electrons. The molecular weight excluding hydrogens is 200 g/mol. The monoisotopic (exact) mass is 220 g/mol. The van der Waals surface area contributed by atoms with Gasteiger partial charge >= 0.3 is 0 Å². The smallest absolute Gasteiger partial charge is 0.140 e. The first-order chi connectivity index (χ1) is 7.44. The van der Waals surface area contributed by atoms with Crippen LogP contribution in [-0.4, -0.2) is 18.5 Å². The Labute approximate surface area is 97.6 Å². The average molecular weight is 220 g/mol. The van der Waals surface area contributed by atoms with Gasteiger partial charge in [0.25, 0.3) is 0 Å². The SMILES string of the molecule is COC(C)(C)CC(=O)Cc1ccccc1C. The van der Waals surface area contributed by atoms with Crippen LogP contribution in [0.3, 0.4) is 0 Å². The van der Waals surface area contributed by atoms with E-state index in [1.165, 1.54) is 5.56 Å². The van der Waals surface area contributed by atoms with Gasteiger partial charge in [-0.3, -0.25) is 4.79 Å². The van der Waals surface area contributed by atoms with Crippen LogP contribution < -0.4 is 0 Å². The molecule has 0 atom stereocenters. The summed E-state index contributed by atoms with van der Waals surface area (Å²) < 4.78 is 5.26. The molecule has 0 aromatic heterocycles. The summed E-state index contributed by atoms with van der Waals surface area (Å²) in [7, 11) is 1.64. The predicted molar refractivity (Wildman–Crippen MR) is 65.6 cm³/mol. The van der Waals surface area contributed by atoms with Gasteiger partial charge in [-0.15, -0.1) is 0 Å². The number of aryl methyl sites for hydroxylation is 1. The Morgan fingerprint density at radius 3 is 2.50 bits per heavy atom. The van der Waals surface area contributed by atoms with E-state index < -0.39 is 0 Å². The molecule has 0 fully saturated rings. The zero-order valence-corrected chi connectivity index (χ0v) is 10.5. The lowest BCUT2D eigenvalue weighted by atomic mass is 9.96. The maximum atomic E-state index is 11.9. The van der Waals surface area contributed by atoms with Crippen molar-refractivity contribution in [1.29, 1.82) is 0 Å². The molecule has 16 heavy (non-hydrogen) atoms. The number of benzene rings is 1. The molecule has 88 valence electrons. The molecule has 0 saturated carbocycles. The number of hydrogen-bond acceptors (Lipinski definition) is 2. The van der Waals surface area contributed by atoms with Crippen molar-refractivity contribution in [3.05, 3.63) is 35.4 Å². The Morgan fingerprint density at radius 1 is 1.31 bits per heavy atom. The van der Waals surface area contributed by atoms with Gasteiger partial charge in [0.2, 0.25) is 0 Å². The van der Waals surface area contributed by atoms with Crippen LogP contribution in [0.5, 0.6) is 0 Å². The summed E-state index contributed by atoms with van der Waals surface area (Å²) in [4.78, 5) is 11.9. The van der Waals surface area contributed by atoms with Crippen molar-refractivity contribution < 1.29 is 9.53 Å². The molecule has 0 unspecified atom stereocenters. The van der Waals surface area contributed by atoms with E-state index in [1.54, 1.807) is 7.11 Å². The summed E-state index contributed by atoms with van der Waals surface area (Å²) in [5.74, 6) is 0.223. The quantitative estimate of drug-likeness (QED) is 0.762. The molecule has 2 heteroatoms. The molecule has 0 heterocycles. The van der Waals surface area contributed by atoms with E-state index in [2.05, 4.69) is 0 Å². The highest BCUT2D eigenvalue weighted by atomic mass is 16.5. The van der Waals surface area contributed by atoms with Gasteiger partial charge in [0.1, 0.15) is 5.78 Å². The van der Waals surface area contributed by atoms with Crippen LogP contribution in [0.4, 0.5) is 0 Å². The van der Waals surface area contributed by atoms with Gasteiger partial charge in [-0.1, -0.05) is 24.3 Å². The maximum Gasteiger partial charge on any atom is 0.140 e. The normalized spacial score (nSPS) is 11.5. The van der Waals surface area contributed by atoms with Crippen molar-refractivity contribution >= 4 is 5.78 Å². The first kappa shape index (κ1) is 12.9. The van der Waals surface area contributed by atoms with Crippen molar-refractivity contribution in [1.82, 2.24) is 0 Å². The van der Waals surface area contributed by atoms with Crippen molar-refractivity contribution in [2.75, 3.05) is 7.11 Å². The molecule has 0 N–H and O–H groups in total. The van der Waals surface area contributed by atoms with Crippen LogP contribution in [0, 0.1) is 6.92 Å². The molecule has 0 amide bonds.